The molecule has 0 atom stereocenters. The van der Waals surface area contributed by atoms with Gasteiger partial charge in [0.05, 0.1) is 0 Å². The van der Waals surface area contributed by atoms with Crippen LogP contribution in [-0.4, -0.2) is 50.2 Å². The van der Waals surface area contributed by atoms with E-state index < -0.39 is 0 Å². The Morgan fingerprint density at radius 3 is 2.85 bits per heavy atom. The molecule has 4 heteroatoms. The summed E-state index contributed by atoms with van der Waals surface area (Å²) in [4.78, 5) is 9.25. The molecule has 1 aliphatic heterocycles. The van der Waals surface area contributed by atoms with Crippen molar-refractivity contribution in [2.24, 2.45) is 5.92 Å². The van der Waals surface area contributed by atoms with Crippen LogP contribution in [0.15, 0.2) is 18.3 Å². The number of pyridine rings is 1. The number of rotatable bonds is 6. The molecule has 1 aromatic rings. The molecule has 0 aliphatic carbocycles. The molecule has 1 fully saturated rings. The normalized spacial score (nSPS) is 17.4. The average Bonchev–Trinajstić information content (AvgIpc) is 2.48. The van der Waals surface area contributed by atoms with Crippen LogP contribution in [0.1, 0.15) is 25.3 Å². The molecule has 0 aromatic carbocycles. The molecule has 20 heavy (non-hydrogen) atoms. The quantitative estimate of drug-likeness (QED) is 0.861. The van der Waals surface area contributed by atoms with Gasteiger partial charge in [0, 0.05) is 26.3 Å². The molecule has 112 valence electrons. The summed E-state index contributed by atoms with van der Waals surface area (Å²) in [6.45, 7) is 7.63. The topological polar surface area (TPSA) is 31.4 Å². The predicted octanol–water partition coefficient (Wildman–Crippen LogP) is 1.97. The van der Waals surface area contributed by atoms with E-state index in [4.69, 9.17) is 0 Å². The molecule has 0 spiro atoms. The second kappa shape index (κ2) is 7.60. The van der Waals surface area contributed by atoms with Crippen molar-refractivity contribution < 1.29 is 0 Å². The van der Waals surface area contributed by atoms with Gasteiger partial charge in [-0.25, -0.2) is 4.98 Å². The largest absolute Gasteiger partial charge is 0.359 e. The minimum absolute atomic E-state index is 0.801. The molecule has 2 heterocycles. The van der Waals surface area contributed by atoms with E-state index in [0.29, 0.717) is 0 Å². The van der Waals surface area contributed by atoms with Crippen molar-refractivity contribution in [2.45, 2.75) is 26.3 Å². The van der Waals surface area contributed by atoms with Gasteiger partial charge in [-0.05, 0) is 63.1 Å². The van der Waals surface area contributed by atoms with Crippen LogP contribution in [0.3, 0.4) is 0 Å². The molecule has 0 radical (unpaired) electrons. The van der Waals surface area contributed by atoms with Gasteiger partial charge in [-0.15, -0.1) is 0 Å². The second-order valence-corrected chi connectivity index (χ2v) is 5.93. The number of nitrogens with zero attached hydrogens (tertiary/aromatic N) is 3. The van der Waals surface area contributed by atoms with Crippen molar-refractivity contribution in [3.05, 3.63) is 23.9 Å². The van der Waals surface area contributed by atoms with Crippen LogP contribution in [0.2, 0.25) is 0 Å². The van der Waals surface area contributed by atoms with E-state index in [0.717, 1.165) is 31.4 Å². The lowest BCUT2D eigenvalue weighted by atomic mass is 9.97. The zero-order chi connectivity index (χ0) is 14.4. The Bertz CT molecular complexity index is 399. The Hall–Kier alpha value is -1.13. The Morgan fingerprint density at radius 1 is 1.40 bits per heavy atom. The van der Waals surface area contributed by atoms with Crippen LogP contribution in [0.25, 0.3) is 0 Å². The molecule has 1 aromatic heterocycles. The number of anilines is 1. The fraction of sp³-hybridized carbons (Fsp3) is 0.688. The second-order valence-electron chi connectivity index (χ2n) is 5.93. The smallest absolute Gasteiger partial charge is 0.128 e. The van der Waals surface area contributed by atoms with Crippen LogP contribution >= 0.6 is 0 Å². The lowest BCUT2D eigenvalue weighted by molar-refractivity contribution is 0.222. The summed E-state index contributed by atoms with van der Waals surface area (Å²) >= 11 is 0. The molecule has 4 nitrogen and oxygen atoms in total. The van der Waals surface area contributed by atoms with E-state index in [1.54, 1.807) is 0 Å². The fourth-order valence-corrected chi connectivity index (χ4v) is 2.77. The highest BCUT2D eigenvalue weighted by Crippen LogP contribution is 2.19. The molecule has 0 unspecified atom stereocenters. The highest BCUT2D eigenvalue weighted by molar-refractivity contribution is 5.40. The molecule has 0 bridgehead atoms. The Morgan fingerprint density at radius 2 is 2.15 bits per heavy atom. The average molecular weight is 276 g/mol. The monoisotopic (exact) mass is 276 g/mol. The molecule has 1 aliphatic rings. The van der Waals surface area contributed by atoms with Crippen molar-refractivity contribution in [3.8, 4) is 0 Å². The number of likely N-dealkylation sites (tertiary alicyclic amines) is 1. The van der Waals surface area contributed by atoms with Crippen LogP contribution in [-0.2, 0) is 6.54 Å². The first-order chi connectivity index (χ1) is 9.69. The number of piperidine rings is 1. The zero-order valence-electron chi connectivity index (χ0n) is 13.1. The third kappa shape index (κ3) is 4.46. The van der Waals surface area contributed by atoms with Crippen LogP contribution in [0, 0.1) is 5.92 Å². The zero-order valence-corrected chi connectivity index (χ0v) is 13.1. The van der Waals surface area contributed by atoms with E-state index in [1.807, 2.05) is 6.20 Å². The van der Waals surface area contributed by atoms with Crippen molar-refractivity contribution in [1.29, 1.82) is 0 Å². The standard InChI is InChI=1S/C16H28N4/c1-4-17-12-15-5-8-18-16(11-15)20(3)13-14-6-9-19(2)10-7-14/h5,8,11,14,17H,4,6-7,9-10,12-13H2,1-3H3. The number of aromatic nitrogens is 1. The summed E-state index contributed by atoms with van der Waals surface area (Å²) in [5.41, 5.74) is 1.31. The van der Waals surface area contributed by atoms with E-state index in [9.17, 15) is 0 Å². The predicted molar refractivity (Wildman–Crippen MR) is 85.1 cm³/mol. The Kier molecular flexibility index (Phi) is 5.80. The van der Waals surface area contributed by atoms with Gasteiger partial charge in [-0.3, -0.25) is 0 Å². The minimum Gasteiger partial charge on any atom is -0.359 e. The molecular weight excluding hydrogens is 248 g/mol. The molecule has 0 amide bonds. The van der Waals surface area contributed by atoms with Gasteiger partial charge in [0.15, 0.2) is 0 Å². The summed E-state index contributed by atoms with van der Waals surface area (Å²) in [5.74, 6) is 1.90. The van der Waals surface area contributed by atoms with Gasteiger partial charge in [0.1, 0.15) is 5.82 Å². The van der Waals surface area contributed by atoms with Gasteiger partial charge in [0.2, 0.25) is 0 Å². The maximum Gasteiger partial charge on any atom is 0.128 e. The third-order valence-corrected chi connectivity index (χ3v) is 4.15. The summed E-state index contributed by atoms with van der Waals surface area (Å²) in [6.07, 6.45) is 4.53. The lowest BCUT2D eigenvalue weighted by Gasteiger charge is -2.32. The highest BCUT2D eigenvalue weighted by Gasteiger charge is 2.18. The highest BCUT2D eigenvalue weighted by atomic mass is 15.2. The van der Waals surface area contributed by atoms with Gasteiger partial charge in [-0.1, -0.05) is 6.92 Å². The van der Waals surface area contributed by atoms with Crippen LogP contribution < -0.4 is 10.2 Å². The molecule has 1 saturated heterocycles. The third-order valence-electron chi connectivity index (χ3n) is 4.15. The first kappa shape index (κ1) is 15.3. The van der Waals surface area contributed by atoms with Crippen molar-refractivity contribution in [3.63, 3.8) is 0 Å². The van der Waals surface area contributed by atoms with Gasteiger partial charge < -0.3 is 15.1 Å². The summed E-state index contributed by atoms with van der Waals surface area (Å²) < 4.78 is 0. The van der Waals surface area contributed by atoms with Crippen LogP contribution in [0.4, 0.5) is 5.82 Å². The lowest BCUT2D eigenvalue weighted by Crippen LogP contribution is -2.36. The SMILES string of the molecule is CCNCc1ccnc(N(C)CC2CCN(C)CC2)c1. The number of nitrogens with one attached hydrogen (secondary N) is 1. The Balaban J connectivity index is 1.89. The van der Waals surface area contributed by atoms with Crippen LogP contribution in [0.5, 0.6) is 0 Å². The summed E-state index contributed by atoms with van der Waals surface area (Å²) in [6, 6.07) is 4.30. The molecule has 2 rings (SSSR count). The maximum absolute atomic E-state index is 4.52. The van der Waals surface area contributed by atoms with Crippen molar-refractivity contribution >= 4 is 5.82 Å². The minimum atomic E-state index is 0.801. The number of hydrogen-bond donors (Lipinski definition) is 1. The molecular formula is C16H28N4. The van der Waals surface area contributed by atoms with Gasteiger partial charge in [-0.2, -0.15) is 0 Å². The summed E-state index contributed by atoms with van der Waals surface area (Å²) in [7, 11) is 4.38. The van der Waals surface area contributed by atoms with E-state index in [2.05, 4.69) is 53.3 Å². The van der Waals surface area contributed by atoms with E-state index >= 15 is 0 Å². The van der Waals surface area contributed by atoms with Crippen molar-refractivity contribution in [1.82, 2.24) is 15.2 Å². The van der Waals surface area contributed by atoms with Gasteiger partial charge >= 0.3 is 0 Å². The van der Waals surface area contributed by atoms with E-state index in [-0.39, 0.29) is 0 Å². The van der Waals surface area contributed by atoms with Crippen molar-refractivity contribution in [2.75, 3.05) is 45.2 Å². The molecule has 1 N–H and O–H groups in total. The number of hydrogen-bond acceptors (Lipinski definition) is 4. The Labute approximate surface area is 123 Å². The first-order valence-corrected chi connectivity index (χ1v) is 7.74. The first-order valence-electron chi connectivity index (χ1n) is 7.74. The molecule has 0 saturated carbocycles. The maximum atomic E-state index is 4.52. The summed E-state index contributed by atoms with van der Waals surface area (Å²) in [5, 5.41) is 3.37. The van der Waals surface area contributed by atoms with E-state index in [1.165, 1.54) is 31.5 Å². The fourth-order valence-electron chi connectivity index (χ4n) is 2.77. The van der Waals surface area contributed by atoms with Gasteiger partial charge in [0.25, 0.3) is 0 Å².